The molecular formula is C46H34Cl2Zr. The number of hydrogen-bond donors (Lipinski definition) is 0. The molecule has 0 spiro atoms. The molecule has 0 nitrogen and oxygen atoms in total. The molecule has 7 aromatic rings. The zero-order valence-electron chi connectivity index (χ0n) is 27.2. The van der Waals surface area contributed by atoms with Crippen LogP contribution in [0.1, 0.15) is 47.6 Å². The molecule has 7 aromatic carbocycles. The van der Waals surface area contributed by atoms with Crippen LogP contribution in [-0.2, 0) is 21.3 Å². The fourth-order valence-corrected chi connectivity index (χ4v) is 18.7. The Hall–Kier alpha value is -4.13. The minimum atomic E-state index is -2.89. The van der Waals surface area contributed by atoms with E-state index in [9.17, 15) is 0 Å². The summed E-state index contributed by atoms with van der Waals surface area (Å²) in [5.41, 5.74) is 15.7. The monoisotopic (exact) mass is 746 g/mol. The maximum Gasteiger partial charge on any atom is -1.00 e. The van der Waals surface area contributed by atoms with Crippen LogP contribution in [0.5, 0.6) is 0 Å². The van der Waals surface area contributed by atoms with E-state index in [4.69, 9.17) is 0 Å². The molecule has 0 aromatic heterocycles. The van der Waals surface area contributed by atoms with Crippen LogP contribution in [0, 0.1) is 0 Å². The van der Waals surface area contributed by atoms with Gasteiger partial charge in [0.25, 0.3) is 0 Å². The van der Waals surface area contributed by atoms with Crippen molar-refractivity contribution in [3.8, 4) is 22.3 Å². The number of fused-ring (bicyclic) bond motifs is 5. The molecular weight excluding hydrogens is 715 g/mol. The molecule has 0 saturated heterocycles. The molecule has 0 heterocycles. The molecule has 0 amide bonds. The van der Waals surface area contributed by atoms with Gasteiger partial charge in [-0.25, -0.2) is 0 Å². The number of halogens is 2. The summed E-state index contributed by atoms with van der Waals surface area (Å²) in [6.45, 7) is 2.42. The molecule has 49 heavy (non-hydrogen) atoms. The number of allylic oxidation sites excluding steroid dienone is 1. The van der Waals surface area contributed by atoms with Crippen LogP contribution in [0.3, 0.4) is 0 Å². The van der Waals surface area contributed by atoms with Gasteiger partial charge in [-0.15, -0.1) is 0 Å². The molecule has 2 aliphatic rings. The molecule has 0 radical (unpaired) electrons. The van der Waals surface area contributed by atoms with Crippen molar-refractivity contribution in [2.24, 2.45) is 0 Å². The molecule has 1 unspecified atom stereocenters. The largest absolute Gasteiger partial charge is 1.00 e. The zero-order chi connectivity index (χ0) is 31.3. The van der Waals surface area contributed by atoms with Gasteiger partial charge in [-0.2, -0.15) is 0 Å². The molecule has 0 fully saturated rings. The Bertz CT molecular complexity index is 2280. The third-order valence-corrected chi connectivity index (χ3v) is 19.5. The van der Waals surface area contributed by atoms with Crippen molar-refractivity contribution in [1.29, 1.82) is 0 Å². The van der Waals surface area contributed by atoms with Crippen molar-refractivity contribution in [3.63, 3.8) is 0 Å². The van der Waals surface area contributed by atoms with Crippen LogP contribution >= 0.6 is 0 Å². The predicted octanol–water partition coefficient (Wildman–Crippen LogP) is 5.63. The SMILES string of the molecule is CC1=Cc2c(-c3cccc4ccccc34)cccc2[CH]1[Zr+2](=[C](c1ccccc1)c1ccccc1)[CH]1c2ccccc2-c2ccccc21.[Cl-].[Cl-]. The molecule has 0 bridgehead atoms. The van der Waals surface area contributed by atoms with Crippen molar-refractivity contribution in [1.82, 2.24) is 0 Å². The molecule has 3 heteroatoms. The van der Waals surface area contributed by atoms with Crippen molar-refractivity contribution in [2.45, 2.75) is 14.2 Å². The summed E-state index contributed by atoms with van der Waals surface area (Å²) in [4.78, 5) is 0. The van der Waals surface area contributed by atoms with Gasteiger partial charge in [-0.05, 0) is 0 Å². The number of hydrogen-bond acceptors (Lipinski definition) is 0. The van der Waals surface area contributed by atoms with E-state index < -0.39 is 21.3 Å². The van der Waals surface area contributed by atoms with Gasteiger partial charge >= 0.3 is 287 Å². The normalized spacial score (nSPS) is 14.0. The summed E-state index contributed by atoms with van der Waals surface area (Å²) in [5, 5.41) is 2.60. The Morgan fingerprint density at radius 1 is 0.429 bits per heavy atom. The first-order valence-electron chi connectivity index (χ1n) is 16.6. The summed E-state index contributed by atoms with van der Waals surface area (Å²) in [7, 11) is 0. The first-order chi connectivity index (χ1) is 23.3. The van der Waals surface area contributed by atoms with E-state index in [2.05, 4.69) is 183 Å². The summed E-state index contributed by atoms with van der Waals surface area (Å²) >= 11 is -2.89. The van der Waals surface area contributed by atoms with Gasteiger partial charge in [0.1, 0.15) is 0 Å². The van der Waals surface area contributed by atoms with E-state index >= 15 is 0 Å². The fraction of sp³-hybridized carbons (Fsp3) is 0.0652. The van der Waals surface area contributed by atoms with Crippen LogP contribution in [0.4, 0.5) is 0 Å². The molecule has 0 N–H and O–H groups in total. The molecule has 236 valence electrons. The average molecular weight is 749 g/mol. The smallest absolute Gasteiger partial charge is 1.00 e. The Morgan fingerprint density at radius 3 is 1.55 bits per heavy atom. The Morgan fingerprint density at radius 2 is 0.898 bits per heavy atom. The first kappa shape index (κ1) is 33.4. The Balaban J connectivity index is 0.00000189. The predicted molar refractivity (Wildman–Crippen MR) is 196 cm³/mol. The van der Waals surface area contributed by atoms with Gasteiger partial charge in [0, 0.05) is 0 Å². The first-order valence-corrected chi connectivity index (χ1v) is 20.7. The zero-order valence-corrected chi connectivity index (χ0v) is 31.1. The molecule has 0 saturated carbocycles. The van der Waals surface area contributed by atoms with Crippen molar-refractivity contribution < 1.29 is 46.1 Å². The van der Waals surface area contributed by atoms with Crippen molar-refractivity contribution >= 4 is 20.1 Å². The summed E-state index contributed by atoms with van der Waals surface area (Å²) in [6, 6.07) is 63.8. The molecule has 9 rings (SSSR count). The van der Waals surface area contributed by atoms with Crippen LogP contribution in [0.2, 0.25) is 0 Å². The van der Waals surface area contributed by atoms with Gasteiger partial charge in [-0.1, -0.05) is 0 Å². The van der Waals surface area contributed by atoms with E-state index in [1.165, 1.54) is 72.0 Å². The minimum Gasteiger partial charge on any atom is -1.00 e. The van der Waals surface area contributed by atoms with Crippen molar-refractivity contribution in [3.05, 3.63) is 209 Å². The second-order valence-electron chi connectivity index (χ2n) is 12.8. The van der Waals surface area contributed by atoms with Crippen LogP contribution in [0.25, 0.3) is 39.1 Å². The van der Waals surface area contributed by atoms with Crippen LogP contribution in [0.15, 0.2) is 175 Å². The molecule has 0 aliphatic heterocycles. The van der Waals surface area contributed by atoms with Crippen LogP contribution < -0.4 is 24.8 Å². The van der Waals surface area contributed by atoms with E-state index in [1.54, 1.807) is 3.21 Å². The van der Waals surface area contributed by atoms with E-state index in [-0.39, 0.29) is 24.8 Å². The van der Waals surface area contributed by atoms with Gasteiger partial charge in [0.15, 0.2) is 0 Å². The van der Waals surface area contributed by atoms with E-state index in [0.29, 0.717) is 7.25 Å². The maximum atomic E-state index is 2.54. The van der Waals surface area contributed by atoms with Crippen LogP contribution in [-0.4, -0.2) is 3.21 Å². The molecule has 1 atom stereocenters. The maximum absolute atomic E-state index is 2.89. The van der Waals surface area contributed by atoms with Gasteiger partial charge in [0.05, 0.1) is 0 Å². The fourth-order valence-electron chi connectivity index (χ4n) is 8.32. The second kappa shape index (κ2) is 14.0. The average Bonchev–Trinajstić information content (AvgIpc) is 3.65. The standard InChI is InChI=1S/C20H15.C13H9.C13H10.2ClH.Zr/c1-14-12-16-8-5-11-19(20(16)13-14)18-10-4-7-15-6-2-3-9-17(15)18;1-3-7-12-10(5-1)9-11-6-2-4-8-13(11)12;1-3-7-12(8-4-1)11-13-9-5-2-6-10-13;;;/h2-13H,1H3;1-9H;1-10H;2*1H;/q;;;;;+2/p-2. The van der Waals surface area contributed by atoms with Gasteiger partial charge < -0.3 is 24.8 Å². The third-order valence-electron chi connectivity index (χ3n) is 10.2. The number of benzene rings is 7. The van der Waals surface area contributed by atoms with Gasteiger partial charge in [-0.3, -0.25) is 0 Å². The Labute approximate surface area is 309 Å². The summed E-state index contributed by atoms with van der Waals surface area (Å²) in [5.74, 6) is 0. The van der Waals surface area contributed by atoms with Gasteiger partial charge in [0.2, 0.25) is 0 Å². The Kier molecular flexibility index (Phi) is 9.54. The summed E-state index contributed by atoms with van der Waals surface area (Å²) in [6.07, 6.45) is 2.54. The van der Waals surface area contributed by atoms with Crippen molar-refractivity contribution in [2.75, 3.05) is 0 Å². The number of rotatable bonds is 5. The molecule has 2 aliphatic carbocycles. The third kappa shape index (κ3) is 5.63. The summed E-state index contributed by atoms with van der Waals surface area (Å²) < 4.78 is 2.38. The van der Waals surface area contributed by atoms with E-state index in [0.717, 1.165) is 0 Å². The van der Waals surface area contributed by atoms with E-state index in [1.807, 2.05) is 0 Å². The second-order valence-corrected chi connectivity index (χ2v) is 19.1. The topological polar surface area (TPSA) is 0 Å². The quantitative estimate of drug-likeness (QED) is 0.214. The minimum absolute atomic E-state index is 0.